The molecule has 8 heteroatoms. The van der Waals surface area contributed by atoms with E-state index in [-0.39, 0.29) is 11.8 Å². The highest BCUT2D eigenvalue weighted by Crippen LogP contribution is 2.33. The normalized spacial score (nSPS) is 12.6. The van der Waals surface area contributed by atoms with Crippen molar-refractivity contribution in [3.05, 3.63) is 113 Å². The lowest BCUT2D eigenvalue weighted by Crippen LogP contribution is -2.32. The second-order valence-electron chi connectivity index (χ2n) is 10.1. The Bertz CT molecular complexity index is 1570. The van der Waals surface area contributed by atoms with Crippen LogP contribution in [0.4, 0.5) is 11.4 Å². The number of para-hydroxylation sites is 2. The van der Waals surface area contributed by atoms with Gasteiger partial charge in [-0.05, 0) is 78.1 Å². The lowest BCUT2D eigenvalue weighted by atomic mass is 9.98. The minimum atomic E-state index is -0.354. The van der Waals surface area contributed by atoms with Crippen LogP contribution in [0.15, 0.2) is 84.9 Å². The predicted molar refractivity (Wildman–Crippen MR) is 164 cm³/mol. The molecule has 0 unspecified atom stereocenters. The second kappa shape index (κ2) is 13.2. The van der Waals surface area contributed by atoms with Crippen molar-refractivity contribution in [2.75, 3.05) is 45.1 Å². The maximum Gasteiger partial charge on any atom is 0.259 e. The Balaban J connectivity index is 1.18. The van der Waals surface area contributed by atoms with Gasteiger partial charge in [0.05, 0.1) is 38.1 Å². The van der Waals surface area contributed by atoms with Gasteiger partial charge in [0, 0.05) is 25.3 Å². The number of ether oxygens (including phenoxy) is 3. The van der Waals surface area contributed by atoms with Gasteiger partial charge >= 0.3 is 0 Å². The van der Waals surface area contributed by atoms with Gasteiger partial charge in [-0.1, -0.05) is 36.4 Å². The number of carbonyl (C=O) groups excluding carboxylic acids is 2. The Labute approximate surface area is 246 Å². The average Bonchev–Trinajstić information content (AvgIpc) is 3.03. The third-order valence-electron chi connectivity index (χ3n) is 7.50. The fraction of sp³-hybridized carbons (Fsp3) is 0.235. The summed E-state index contributed by atoms with van der Waals surface area (Å²) in [7, 11) is 4.84. The van der Waals surface area contributed by atoms with Crippen LogP contribution in [0, 0.1) is 0 Å². The molecule has 0 fully saturated rings. The molecule has 0 saturated heterocycles. The van der Waals surface area contributed by atoms with E-state index in [1.807, 2.05) is 24.3 Å². The van der Waals surface area contributed by atoms with E-state index in [9.17, 15) is 9.59 Å². The first-order valence-corrected chi connectivity index (χ1v) is 13.9. The molecule has 0 atom stereocenters. The van der Waals surface area contributed by atoms with E-state index < -0.39 is 0 Å². The molecule has 4 aromatic carbocycles. The fourth-order valence-corrected chi connectivity index (χ4v) is 5.18. The Morgan fingerprint density at radius 1 is 0.714 bits per heavy atom. The number of nitrogens with one attached hydrogen (secondary N) is 2. The van der Waals surface area contributed by atoms with Gasteiger partial charge in [0.1, 0.15) is 5.75 Å². The summed E-state index contributed by atoms with van der Waals surface area (Å²) in [6.45, 7) is 2.79. The van der Waals surface area contributed by atoms with E-state index in [2.05, 4.69) is 27.7 Å². The Morgan fingerprint density at radius 3 is 2.05 bits per heavy atom. The number of methoxy groups -OCH3 is 3. The summed E-state index contributed by atoms with van der Waals surface area (Å²) >= 11 is 0. The van der Waals surface area contributed by atoms with E-state index in [0.717, 1.165) is 44.0 Å². The Kier molecular flexibility index (Phi) is 9.04. The van der Waals surface area contributed by atoms with E-state index in [1.54, 1.807) is 62.8 Å². The lowest BCUT2D eigenvalue weighted by Gasteiger charge is -2.29. The first-order chi connectivity index (χ1) is 20.5. The number of nitrogens with zero attached hydrogens (tertiary/aromatic N) is 1. The van der Waals surface area contributed by atoms with Gasteiger partial charge in [-0.25, -0.2) is 0 Å². The van der Waals surface area contributed by atoms with Gasteiger partial charge in [-0.15, -0.1) is 0 Å². The minimum absolute atomic E-state index is 0.308. The zero-order chi connectivity index (χ0) is 29.5. The number of rotatable bonds is 10. The van der Waals surface area contributed by atoms with Gasteiger partial charge in [-0.2, -0.15) is 0 Å². The summed E-state index contributed by atoms with van der Waals surface area (Å²) in [6, 6.07) is 26.0. The summed E-state index contributed by atoms with van der Waals surface area (Å²) in [5.74, 6) is 1.34. The van der Waals surface area contributed by atoms with Gasteiger partial charge in [0.15, 0.2) is 11.5 Å². The number of hydrogen-bond acceptors (Lipinski definition) is 6. The van der Waals surface area contributed by atoms with Crippen LogP contribution in [0.25, 0.3) is 0 Å². The first-order valence-electron chi connectivity index (χ1n) is 13.9. The molecule has 8 nitrogen and oxygen atoms in total. The van der Waals surface area contributed by atoms with Crippen molar-refractivity contribution in [1.29, 1.82) is 0 Å². The van der Waals surface area contributed by atoms with Gasteiger partial charge in [0.25, 0.3) is 11.8 Å². The molecule has 0 aromatic heterocycles. The summed E-state index contributed by atoms with van der Waals surface area (Å²) in [5.41, 5.74) is 5.63. The van der Waals surface area contributed by atoms with Crippen molar-refractivity contribution in [2.45, 2.75) is 19.4 Å². The van der Waals surface area contributed by atoms with Crippen LogP contribution in [0.1, 0.15) is 37.4 Å². The number of hydrogen-bond donors (Lipinski definition) is 2. The number of anilines is 2. The molecule has 1 aliphatic rings. The molecule has 0 spiro atoms. The molecule has 4 aromatic rings. The molecule has 5 rings (SSSR count). The molecule has 0 radical (unpaired) electrons. The van der Waals surface area contributed by atoms with Crippen LogP contribution >= 0.6 is 0 Å². The molecule has 42 heavy (non-hydrogen) atoms. The average molecular weight is 566 g/mol. The molecular weight excluding hydrogens is 530 g/mol. The maximum absolute atomic E-state index is 13.2. The minimum Gasteiger partial charge on any atom is -0.496 e. The number of fused-ring (bicyclic) bond motifs is 1. The van der Waals surface area contributed by atoms with E-state index in [0.29, 0.717) is 28.3 Å². The largest absolute Gasteiger partial charge is 0.496 e. The summed E-state index contributed by atoms with van der Waals surface area (Å²) < 4.78 is 16.2. The van der Waals surface area contributed by atoms with Crippen molar-refractivity contribution in [3.63, 3.8) is 0 Å². The topological polar surface area (TPSA) is 89.1 Å². The maximum atomic E-state index is 13.2. The van der Waals surface area contributed by atoms with Crippen LogP contribution < -0.4 is 24.8 Å². The van der Waals surface area contributed by atoms with Crippen molar-refractivity contribution < 1.29 is 23.8 Å². The first kappa shape index (κ1) is 28.7. The fourth-order valence-electron chi connectivity index (χ4n) is 5.18. The van der Waals surface area contributed by atoms with Crippen LogP contribution in [-0.2, 0) is 19.4 Å². The van der Waals surface area contributed by atoms with E-state index in [1.165, 1.54) is 23.8 Å². The van der Waals surface area contributed by atoms with E-state index >= 15 is 0 Å². The molecule has 1 heterocycles. The lowest BCUT2D eigenvalue weighted by molar-refractivity contribution is 0.102. The highest BCUT2D eigenvalue weighted by molar-refractivity contribution is 6.13. The monoisotopic (exact) mass is 565 g/mol. The SMILES string of the molecule is COc1cc2c(cc1OC)CN(CCc1ccc(NC(=O)c3ccccc3NC(=O)c3ccccc3OC)cc1)CC2. The smallest absolute Gasteiger partial charge is 0.259 e. The molecule has 1 aliphatic heterocycles. The number of amides is 2. The zero-order valence-electron chi connectivity index (χ0n) is 24.1. The highest BCUT2D eigenvalue weighted by atomic mass is 16.5. The number of benzene rings is 4. The Hall–Kier alpha value is -4.82. The van der Waals surface area contributed by atoms with Crippen LogP contribution in [-0.4, -0.2) is 51.1 Å². The second-order valence-corrected chi connectivity index (χ2v) is 10.1. The molecule has 0 aliphatic carbocycles. The van der Waals surface area contributed by atoms with Crippen molar-refractivity contribution >= 4 is 23.2 Å². The molecule has 2 amide bonds. The number of carbonyl (C=O) groups is 2. The van der Waals surface area contributed by atoms with Gasteiger partial charge < -0.3 is 24.8 Å². The quantitative estimate of drug-likeness (QED) is 0.252. The van der Waals surface area contributed by atoms with Crippen LogP contribution in [0.5, 0.6) is 17.2 Å². The van der Waals surface area contributed by atoms with Gasteiger partial charge in [0.2, 0.25) is 0 Å². The third kappa shape index (κ3) is 6.56. The van der Waals surface area contributed by atoms with Crippen molar-refractivity contribution in [2.24, 2.45) is 0 Å². The molecule has 0 saturated carbocycles. The molecule has 2 N–H and O–H groups in total. The standard InChI is InChI=1S/C34H35N3O5/c1-40-30-11-7-5-9-28(30)34(39)36-29-10-6-4-8-27(29)33(38)35-26-14-12-23(13-15-26)16-18-37-19-17-24-20-31(41-2)32(42-3)21-25(24)22-37/h4-15,20-21H,16-19,22H2,1-3H3,(H,35,38)(H,36,39). The predicted octanol–water partition coefficient (Wildman–Crippen LogP) is 5.82. The molecule has 216 valence electrons. The zero-order valence-corrected chi connectivity index (χ0v) is 24.1. The molecule has 0 bridgehead atoms. The van der Waals surface area contributed by atoms with Crippen LogP contribution in [0.3, 0.4) is 0 Å². The summed E-state index contributed by atoms with van der Waals surface area (Å²) in [6.07, 6.45) is 1.87. The van der Waals surface area contributed by atoms with Crippen molar-refractivity contribution in [1.82, 2.24) is 4.90 Å². The third-order valence-corrected chi connectivity index (χ3v) is 7.50. The van der Waals surface area contributed by atoms with Gasteiger partial charge in [-0.3, -0.25) is 14.5 Å². The highest BCUT2D eigenvalue weighted by Gasteiger charge is 2.20. The summed E-state index contributed by atoms with van der Waals surface area (Å²) in [5, 5.41) is 5.80. The van der Waals surface area contributed by atoms with E-state index in [4.69, 9.17) is 14.2 Å². The summed E-state index contributed by atoms with van der Waals surface area (Å²) in [4.78, 5) is 28.5. The Morgan fingerprint density at radius 2 is 1.33 bits per heavy atom. The van der Waals surface area contributed by atoms with Crippen LogP contribution in [0.2, 0.25) is 0 Å². The molecular formula is C34H35N3O5. The van der Waals surface area contributed by atoms with Crippen molar-refractivity contribution in [3.8, 4) is 17.2 Å².